The Balaban J connectivity index is 1.78. The van der Waals surface area contributed by atoms with Crippen LogP contribution >= 0.6 is 0 Å². The van der Waals surface area contributed by atoms with E-state index in [2.05, 4.69) is 4.98 Å². The predicted octanol–water partition coefficient (Wildman–Crippen LogP) is -0.0331. The van der Waals surface area contributed by atoms with Crippen LogP contribution in [0.5, 0.6) is 0 Å². The minimum Gasteiger partial charge on any atom is -0.456 e. The van der Waals surface area contributed by atoms with Crippen LogP contribution in [0.2, 0.25) is 0 Å². The molecule has 0 amide bonds. The Hall–Kier alpha value is -2.75. The van der Waals surface area contributed by atoms with Gasteiger partial charge in [-0.25, -0.2) is 9.59 Å². The first-order chi connectivity index (χ1) is 13.5. The highest BCUT2D eigenvalue weighted by Gasteiger charge is 2.39. The van der Waals surface area contributed by atoms with Crippen LogP contribution in [0.15, 0.2) is 46.1 Å². The van der Waals surface area contributed by atoms with Crippen LogP contribution in [0.1, 0.15) is 35.0 Å². The molecule has 1 aliphatic heterocycles. The summed E-state index contributed by atoms with van der Waals surface area (Å²) in [6, 6.07) is 8.43. The second kappa shape index (κ2) is 8.96. The van der Waals surface area contributed by atoms with Gasteiger partial charge in [-0.3, -0.25) is 14.3 Å². The minimum atomic E-state index is -0.803. The number of esters is 1. The topological polar surface area (TPSA) is 131 Å². The lowest BCUT2D eigenvalue weighted by molar-refractivity contribution is -0.0522. The van der Waals surface area contributed by atoms with Crippen molar-refractivity contribution in [2.24, 2.45) is 0 Å². The first-order valence-corrected chi connectivity index (χ1v) is 9.01. The summed E-state index contributed by atoms with van der Waals surface area (Å²) in [5.41, 5.74) is -0.467. The fourth-order valence-corrected chi connectivity index (χ4v) is 3.13. The van der Waals surface area contributed by atoms with E-state index in [1.807, 2.05) is 0 Å². The molecule has 2 aromatic rings. The molecule has 3 rings (SSSR count). The molecule has 0 spiro atoms. The van der Waals surface area contributed by atoms with E-state index in [0.717, 1.165) is 0 Å². The van der Waals surface area contributed by atoms with E-state index in [4.69, 9.17) is 14.6 Å². The van der Waals surface area contributed by atoms with E-state index in [-0.39, 0.29) is 13.0 Å². The highest BCUT2D eigenvalue weighted by Crippen LogP contribution is 2.30. The number of aliphatic hydroxyl groups excluding tert-OH is 2. The SMILES string of the molecule is O=C(O[C@H]1C[C@H](n2cc(CCCO)c(=O)[nH]c2=O)O[C@@H]1CO)c1ccccc1. The smallest absolute Gasteiger partial charge is 0.338 e. The molecule has 1 aliphatic rings. The molecule has 0 aliphatic carbocycles. The molecular formula is C19H22N2O7. The van der Waals surface area contributed by atoms with Crippen molar-refractivity contribution in [3.05, 3.63) is 68.5 Å². The van der Waals surface area contributed by atoms with Gasteiger partial charge in [0.15, 0.2) is 0 Å². The number of ether oxygens (including phenoxy) is 2. The van der Waals surface area contributed by atoms with Crippen LogP contribution in [-0.2, 0) is 15.9 Å². The van der Waals surface area contributed by atoms with Crippen LogP contribution < -0.4 is 11.2 Å². The number of aliphatic hydroxyl groups is 2. The number of hydrogen-bond donors (Lipinski definition) is 3. The van der Waals surface area contributed by atoms with Crippen molar-refractivity contribution in [2.75, 3.05) is 13.2 Å². The minimum absolute atomic E-state index is 0.0808. The summed E-state index contributed by atoms with van der Waals surface area (Å²) in [5, 5.41) is 18.5. The number of H-pyrrole nitrogens is 1. The average molecular weight is 390 g/mol. The zero-order chi connectivity index (χ0) is 20.1. The maximum atomic E-state index is 12.3. The summed E-state index contributed by atoms with van der Waals surface area (Å²) in [7, 11) is 0. The number of carbonyl (C=O) groups excluding carboxylic acids is 1. The molecule has 2 heterocycles. The van der Waals surface area contributed by atoms with Gasteiger partial charge in [-0.15, -0.1) is 0 Å². The van der Waals surface area contributed by atoms with Gasteiger partial charge in [0.25, 0.3) is 5.56 Å². The number of aryl methyl sites for hydroxylation is 1. The lowest BCUT2D eigenvalue weighted by atomic mass is 10.1. The first-order valence-electron chi connectivity index (χ1n) is 9.01. The number of benzene rings is 1. The number of carbonyl (C=O) groups is 1. The van der Waals surface area contributed by atoms with E-state index in [1.165, 1.54) is 10.8 Å². The summed E-state index contributed by atoms with van der Waals surface area (Å²) < 4.78 is 12.4. The predicted molar refractivity (Wildman–Crippen MR) is 98.0 cm³/mol. The molecule has 9 heteroatoms. The van der Waals surface area contributed by atoms with Crippen molar-refractivity contribution in [3.8, 4) is 0 Å². The highest BCUT2D eigenvalue weighted by atomic mass is 16.6. The van der Waals surface area contributed by atoms with Gasteiger partial charge in [0.2, 0.25) is 0 Å². The molecule has 150 valence electrons. The van der Waals surface area contributed by atoms with Crippen LogP contribution in [0.3, 0.4) is 0 Å². The molecule has 0 bridgehead atoms. The number of nitrogens with zero attached hydrogens (tertiary/aromatic N) is 1. The normalized spacial score (nSPS) is 21.6. The van der Waals surface area contributed by atoms with Gasteiger partial charge in [0.05, 0.1) is 12.2 Å². The number of nitrogens with one attached hydrogen (secondary N) is 1. The molecule has 0 unspecified atom stereocenters. The van der Waals surface area contributed by atoms with Gasteiger partial charge in [-0.1, -0.05) is 18.2 Å². The monoisotopic (exact) mass is 390 g/mol. The number of hydrogen-bond acceptors (Lipinski definition) is 7. The van der Waals surface area contributed by atoms with Crippen LogP contribution in [0.4, 0.5) is 0 Å². The first kappa shape index (κ1) is 20.0. The molecule has 0 radical (unpaired) electrons. The van der Waals surface area contributed by atoms with Crippen molar-refractivity contribution in [2.45, 2.75) is 37.7 Å². The Labute approximate surface area is 160 Å². The summed E-state index contributed by atoms with van der Waals surface area (Å²) in [6.07, 6.45) is -0.132. The molecule has 3 N–H and O–H groups in total. The van der Waals surface area contributed by atoms with Gasteiger partial charge >= 0.3 is 11.7 Å². The van der Waals surface area contributed by atoms with Crippen LogP contribution in [-0.4, -0.2) is 51.2 Å². The number of aromatic amines is 1. The van der Waals surface area contributed by atoms with Gasteiger partial charge in [-0.05, 0) is 25.0 Å². The second-order valence-electron chi connectivity index (χ2n) is 6.51. The molecule has 0 saturated carbocycles. The van der Waals surface area contributed by atoms with E-state index >= 15 is 0 Å². The fourth-order valence-electron chi connectivity index (χ4n) is 3.13. The van der Waals surface area contributed by atoms with E-state index in [9.17, 15) is 19.5 Å². The molecular weight excluding hydrogens is 368 g/mol. The standard InChI is InChI=1S/C19H22N2O7/c22-8-4-7-13-10-21(19(26)20-17(13)24)16-9-14(15(11-23)27-16)28-18(25)12-5-2-1-3-6-12/h1-3,5-6,10,14-16,22-23H,4,7-9,11H2,(H,20,24,26)/t14-,15+,16+/m0/s1. The highest BCUT2D eigenvalue weighted by molar-refractivity contribution is 5.89. The zero-order valence-electron chi connectivity index (χ0n) is 15.1. The third-order valence-corrected chi connectivity index (χ3v) is 4.58. The maximum absolute atomic E-state index is 12.3. The Kier molecular flexibility index (Phi) is 6.40. The Morgan fingerprint density at radius 3 is 2.68 bits per heavy atom. The van der Waals surface area contributed by atoms with Gasteiger partial charge in [-0.2, -0.15) is 0 Å². The van der Waals surface area contributed by atoms with Gasteiger partial charge in [0.1, 0.15) is 18.4 Å². The van der Waals surface area contributed by atoms with Crippen molar-refractivity contribution in [1.82, 2.24) is 9.55 Å². The lowest BCUT2D eigenvalue weighted by Gasteiger charge is -2.16. The fraction of sp³-hybridized carbons (Fsp3) is 0.421. The molecule has 1 aromatic heterocycles. The molecule has 9 nitrogen and oxygen atoms in total. The largest absolute Gasteiger partial charge is 0.456 e. The molecule has 3 atom stereocenters. The maximum Gasteiger partial charge on any atom is 0.338 e. The summed E-state index contributed by atoms with van der Waals surface area (Å²) in [6.45, 7) is -0.471. The van der Waals surface area contributed by atoms with Crippen molar-refractivity contribution >= 4 is 5.97 Å². The molecule has 28 heavy (non-hydrogen) atoms. The summed E-state index contributed by atoms with van der Waals surface area (Å²) >= 11 is 0. The van der Waals surface area contributed by atoms with Crippen LogP contribution in [0.25, 0.3) is 0 Å². The Bertz CT molecular complexity index is 922. The summed E-state index contributed by atoms with van der Waals surface area (Å²) in [4.78, 5) is 38.6. The molecule has 1 saturated heterocycles. The van der Waals surface area contributed by atoms with E-state index in [0.29, 0.717) is 24.0 Å². The van der Waals surface area contributed by atoms with Gasteiger partial charge < -0.3 is 19.7 Å². The molecule has 1 aromatic carbocycles. The third-order valence-electron chi connectivity index (χ3n) is 4.58. The van der Waals surface area contributed by atoms with Gasteiger partial charge in [0, 0.05) is 24.8 Å². The van der Waals surface area contributed by atoms with E-state index in [1.54, 1.807) is 30.3 Å². The quantitative estimate of drug-likeness (QED) is 0.566. The lowest BCUT2D eigenvalue weighted by Crippen LogP contribution is -2.34. The van der Waals surface area contributed by atoms with Crippen LogP contribution in [0, 0.1) is 0 Å². The number of aromatic nitrogens is 2. The summed E-state index contributed by atoms with van der Waals surface area (Å²) in [5.74, 6) is -0.550. The third kappa shape index (κ3) is 4.38. The number of rotatable bonds is 7. The molecule has 1 fully saturated rings. The zero-order valence-corrected chi connectivity index (χ0v) is 15.1. The van der Waals surface area contributed by atoms with Crippen molar-refractivity contribution in [1.29, 1.82) is 0 Å². The second-order valence-corrected chi connectivity index (χ2v) is 6.51. The van der Waals surface area contributed by atoms with Crippen molar-refractivity contribution in [3.63, 3.8) is 0 Å². The van der Waals surface area contributed by atoms with E-state index < -0.39 is 42.3 Å². The Morgan fingerprint density at radius 2 is 2.00 bits per heavy atom. The van der Waals surface area contributed by atoms with Crippen molar-refractivity contribution < 1.29 is 24.5 Å². The average Bonchev–Trinajstić information content (AvgIpc) is 3.10. The Morgan fingerprint density at radius 1 is 1.25 bits per heavy atom.